The molecule has 0 atom stereocenters. The average molecular weight is 418 g/mol. The van der Waals surface area contributed by atoms with Gasteiger partial charge in [-0.15, -0.1) is 11.3 Å². The molecule has 0 saturated carbocycles. The third-order valence-electron chi connectivity index (χ3n) is 3.16. The van der Waals surface area contributed by atoms with Crippen molar-refractivity contribution in [3.05, 3.63) is 14.9 Å². The monoisotopic (exact) mass is 416 g/mol. The minimum absolute atomic E-state index is 0.260. The van der Waals surface area contributed by atoms with Crippen LogP contribution in [0.25, 0.3) is 0 Å². The molecule has 1 saturated heterocycles. The number of aliphatic hydroxyl groups is 1. The highest BCUT2D eigenvalue weighted by atomic mass is 79.9. The van der Waals surface area contributed by atoms with E-state index < -0.39 is 15.6 Å². The maximum atomic E-state index is 12.5. The van der Waals surface area contributed by atoms with Gasteiger partial charge in [0.2, 0.25) is 0 Å². The second-order valence-corrected chi connectivity index (χ2v) is 10.6. The van der Waals surface area contributed by atoms with Gasteiger partial charge in [-0.25, -0.2) is 8.42 Å². The molecule has 1 aliphatic rings. The molecule has 1 aliphatic heterocycles. The van der Waals surface area contributed by atoms with Gasteiger partial charge in [0, 0.05) is 32.7 Å². The summed E-state index contributed by atoms with van der Waals surface area (Å²) in [7, 11) is -3.48. The van der Waals surface area contributed by atoms with Gasteiger partial charge in [-0.3, -0.25) is 4.90 Å². The van der Waals surface area contributed by atoms with Crippen LogP contribution in [0.2, 0.25) is 5.02 Å². The van der Waals surface area contributed by atoms with Crippen LogP contribution in [0.1, 0.15) is 13.8 Å². The van der Waals surface area contributed by atoms with Crippen molar-refractivity contribution >= 4 is 48.9 Å². The zero-order chi connectivity index (χ0) is 15.8. The number of nitrogens with zero attached hydrogens (tertiary/aromatic N) is 2. The van der Waals surface area contributed by atoms with Crippen LogP contribution in [0.3, 0.4) is 0 Å². The molecular formula is C12H18BrClN2O3S2. The van der Waals surface area contributed by atoms with Crippen LogP contribution < -0.4 is 0 Å². The molecule has 0 bridgehead atoms. The topological polar surface area (TPSA) is 60.9 Å². The highest BCUT2D eigenvalue weighted by molar-refractivity contribution is 9.11. The van der Waals surface area contributed by atoms with Crippen molar-refractivity contribution in [2.24, 2.45) is 0 Å². The molecular weight excluding hydrogens is 400 g/mol. The summed E-state index contributed by atoms with van der Waals surface area (Å²) in [6, 6.07) is 1.48. The number of piperazine rings is 1. The van der Waals surface area contributed by atoms with Crippen LogP contribution in [0.4, 0.5) is 0 Å². The van der Waals surface area contributed by atoms with Gasteiger partial charge < -0.3 is 5.11 Å². The lowest BCUT2D eigenvalue weighted by Gasteiger charge is -2.36. The molecule has 2 rings (SSSR count). The van der Waals surface area contributed by atoms with Crippen molar-refractivity contribution in [1.82, 2.24) is 9.21 Å². The van der Waals surface area contributed by atoms with Crippen LogP contribution in [-0.4, -0.2) is 61.1 Å². The van der Waals surface area contributed by atoms with E-state index in [0.717, 1.165) is 11.3 Å². The lowest BCUT2D eigenvalue weighted by atomic mass is 10.1. The van der Waals surface area contributed by atoms with E-state index in [2.05, 4.69) is 20.8 Å². The van der Waals surface area contributed by atoms with E-state index in [1.165, 1.54) is 10.4 Å². The molecule has 0 radical (unpaired) electrons. The molecule has 1 aromatic heterocycles. The smallest absolute Gasteiger partial charge is 0.252 e. The molecule has 0 spiro atoms. The quantitative estimate of drug-likeness (QED) is 0.816. The van der Waals surface area contributed by atoms with Crippen molar-refractivity contribution in [2.45, 2.75) is 23.7 Å². The first-order valence-electron chi connectivity index (χ1n) is 6.49. The maximum absolute atomic E-state index is 12.5. The average Bonchev–Trinajstić information content (AvgIpc) is 2.69. The Bertz CT molecular complexity index is 585. The van der Waals surface area contributed by atoms with Crippen LogP contribution in [0, 0.1) is 0 Å². The summed E-state index contributed by atoms with van der Waals surface area (Å²) in [6.07, 6.45) is 0. The number of halogens is 2. The number of rotatable bonds is 4. The van der Waals surface area contributed by atoms with Crippen LogP contribution in [0.5, 0.6) is 0 Å². The minimum atomic E-state index is -3.48. The maximum Gasteiger partial charge on any atom is 0.252 e. The van der Waals surface area contributed by atoms with Crippen molar-refractivity contribution in [3.8, 4) is 0 Å². The van der Waals surface area contributed by atoms with E-state index in [1.54, 1.807) is 13.8 Å². The lowest BCUT2D eigenvalue weighted by Crippen LogP contribution is -2.51. The van der Waals surface area contributed by atoms with Gasteiger partial charge in [0.25, 0.3) is 10.0 Å². The molecule has 5 nitrogen and oxygen atoms in total. The molecule has 120 valence electrons. The number of β-amino-alcohol motifs (C(OH)–C–C–N with tert-alkyl or cyclic N) is 1. The molecule has 1 fully saturated rings. The number of hydrogen-bond acceptors (Lipinski definition) is 5. The Morgan fingerprint density at radius 2 is 1.95 bits per heavy atom. The van der Waals surface area contributed by atoms with E-state index in [9.17, 15) is 13.5 Å². The molecule has 2 heterocycles. The van der Waals surface area contributed by atoms with E-state index in [0.29, 0.717) is 41.5 Å². The highest BCUT2D eigenvalue weighted by Gasteiger charge is 2.31. The van der Waals surface area contributed by atoms with Gasteiger partial charge in [0.1, 0.15) is 4.21 Å². The van der Waals surface area contributed by atoms with Gasteiger partial charge in [0.15, 0.2) is 0 Å². The largest absolute Gasteiger partial charge is 0.389 e. The van der Waals surface area contributed by atoms with Gasteiger partial charge in [0.05, 0.1) is 14.4 Å². The molecule has 0 unspecified atom stereocenters. The Morgan fingerprint density at radius 1 is 1.38 bits per heavy atom. The normalized spacial score (nSPS) is 19.1. The zero-order valence-corrected chi connectivity index (χ0v) is 15.8. The summed E-state index contributed by atoms with van der Waals surface area (Å²) in [5.74, 6) is 0. The van der Waals surface area contributed by atoms with Crippen LogP contribution >= 0.6 is 38.9 Å². The second kappa shape index (κ2) is 6.43. The molecule has 0 aliphatic carbocycles. The molecule has 1 aromatic rings. The van der Waals surface area contributed by atoms with Crippen LogP contribution in [0.15, 0.2) is 14.1 Å². The Morgan fingerprint density at radius 3 is 2.38 bits per heavy atom. The molecule has 21 heavy (non-hydrogen) atoms. The first-order chi connectivity index (χ1) is 9.59. The Hall–Kier alpha value is 0.300. The molecule has 1 N–H and O–H groups in total. The first-order valence-corrected chi connectivity index (χ1v) is 9.92. The predicted octanol–water partition coefficient (Wildman–Crippen LogP) is 2.24. The fourth-order valence-corrected chi connectivity index (χ4v) is 6.23. The van der Waals surface area contributed by atoms with Crippen molar-refractivity contribution < 1.29 is 13.5 Å². The predicted molar refractivity (Wildman–Crippen MR) is 88.5 cm³/mol. The summed E-state index contributed by atoms with van der Waals surface area (Å²) in [5, 5.41) is 10.2. The number of thiophene rings is 1. The van der Waals surface area contributed by atoms with E-state index >= 15 is 0 Å². The standard InChI is InChI=1S/C12H18BrClN2O3S2/c1-12(2,17)8-15-3-5-16(6-4-15)21(18,19)10-7-9(14)11(13)20-10/h7,17H,3-6,8H2,1-2H3. The van der Waals surface area contributed by atoms with E-state index in [-0.39, 0.29) is 4.21 Å². The third kappa shape index (κ3) is 4.40. The van der Waals surface area contributed by atoms with E-state index in [4.69, 9.17) is 11.6 Å². The van der Waals surface area contributed by atoms with E-state index in [1.807, 2.05) is 0 Å². The number of hydrogen-bond donors (Lipinski definition) is 1. The summed E-state index contributed by atoms with van der Waals surface area (Å²) >= 11 is 10.3. The van der Waals surface area contributed by atoms with Crippen molar-refractivity contribution in [2.75, 3.05) is 32.7 Å². The second-order valence-electron chi connectivity index (χ2n) is 5.68. The summed E-state index contributed by atoms with van der Waals surface area (Å²) in [4.78, 5) is 2.07. The summed E-state index contributed by atoms with van der Waals surface area (Å²) < 4.78 is 27.4. The van der Waals surface area contributed by atoms with Crippen molar-refractivity contribution in [3.63, 3.8) is 0 Å². The highest BCUT2D eigenvalue weighted by Crippen LogP contribution is 2.36. The Balaban J connectivity index is 2.04. The molecule has 9 heteroatoms. The van der Waals surface area contributed by atoms with Gasteiger partial charge in [-0.1, -0.05) is 11.6 Å². The Kier molecular flexibility index (Phi) is 5.40. The fourth-order valence-electron chi connectivity index (χ4n) is 2.26. The fraction of sp³-hybridized carbons (Fsp3) is 0.667. The SMILES string of the molecule is CC(C)(O)CN1CCN(S(=O)(=O)c2cc(Cl)c(Br)s2)CC1. The van der Waals surface area contributed by atoms with Crippen LogP contribution in [-0.2, 0) is 10.0 Å². The van der Waals surface area contributed by atoms with Gasteiger partial charge in [-0.05, 0) is 35.8 Å². The van der Waals surface area contributed by atoms with Gasteiger partial charge >= 0.3 is 0 Å². The molecule has 0 amide bonds. The lowest BCUT2D eigenvalue weighted by molar-refractivity contribution is 0.0263. The van der Waals surface area contributed by atoms with Crippen molar-refractivity contribution in [1.29, 1.82) is 0 Å². The summed E-state index contributed by atoms with van der Waals surface area (Å²) in [5.41, 5.74) is -0.771. The minimum Gasteiger partial charge on any atom is -0.389 e. The summed E-state index contributed by atoms with van der Waals surface area (Å²) in [6.45, 7) is 6.12. The number of sulfonamides is 1. The van der Waals surface area contributed by atoms with Gasteiger partial charge in [-0.2, -0.15) is 4.31 Å². The Labute approximate surface area is 142 Å². The first kappa shape index (κ1) is 17.7. The zero-order valence-electron chi connectivity index (χ0n) is 11.8. The third-order valence-corrected chi connectivity index (χ3v) is 7.98. The molecule has 0 aromatic carbocycles.